The predicted molar refractivity (Wildman–Crippen MR) is 148 cm³/mol. The van der Waals surface area contributed by atoms with E-state index in [2.05, 4.69) is 101 Å². The monoisotopic (exact) mass is 472 g/mol. The molecule has 1 amide bonds. The largest absolute Gasteiger partial charge is 0.352 e. The van der Waals surface area contributed by atoms with E-state index >= 15 is 0 Å². The van der Waals surface area contributed by atoms with E-state index < -0.39 is 0 Å². The van der Waals surface area contributed by atoms with Gasteiger partial charge in [-0.15, -0.1) is 0 Å². The Kier molecular flexibility index (Phi) is 7.58. The minimum Gasteiger partial charge on any atom is -0.352 e. The predicted octanol–water partition coefficient (Wildman–Crippen LogP) is 7.11. The molecule has 0 radical (unpaired) electrons. The number of nitrogens with one attached hydrogen (secondary N) is 1. The second kappa shape index (κ2) is 11.5. The molecule has 36 heavy (non-hydrogen) atoms. The zero-order valence-electron chi connectivity index (χ0n) is 20.5. The van der Waals surface area contributed by atoms with Gasteiger partial charge in [0.05, 0.1) is 0 Å². The van der Waals surface area contributed by atoms with Gasteiger partial charge in [-0.2, -0.15) is 0 Å². The molecule has 0 saturated carbocycles. The van der Waals surface area contributed by atoms with Gasteiger partial charge in [-0.1, -0.05) is 109 Å². The number of carbonyl (C=O) groups excluding carboxylic acids is 1. The van der Waals surface area contributed by atoms with Crippen LogP contribution in [0.5, 0.6) is 0 Å². The molecule has 1 N–H and O–H groups in total. The van der Waals surface area contributed by atoms with Crippen LogP contribution in [-0.2, 0) is 24.3 Å². The molecule has 5 rings (SSSR count). The fraction of sp³-hybridized carbons (Fsp3) is 0.182. The van der Waals surface area contributed by atoms with Gasteiger partial charge in [-0.05, 0) is 47.1 Å². The number of para-hydroxylation sites is 1. The fourth-order valence-electron chi connectivity index (χ4n) is 4.96. The zero-order valence-corrected chi connectivity index (χ0v) is 20.5. The Morgan fingerprint density at radius 2 is 1.28 bits per heavy atom. The number of fused-ring (bicyclic) bond motifs is 1. The highest BCUT2D eigenvalue weighted by atomic mass is 16.1. The summed E-state index contributed by atoms with van der Waals surface area (Å²) in [6.07, 6.45) is 4.61. The van der Waals surface area contributed by atoms with Gasteiger partial charge in [0.2, 0.25) is 5.91 Å². The normalized spacial score (nSPS) is 11.9. The number of hydrogen-bond donors (Lipinski definition) is 1. The molecule has 0 saturated heterocycles. The number of amides is 1. The molecular formula is C33H32N2O. The van der Waals surface area contributed by atoms with Crippen LogP contribution in [0, 0.1) is 0 Å². The smallest absolute Gasteiger partial charge is 0.220 e. The Labute approximate surface area is 213 Å². The summed E-state index contributed by atoms with van der Waals surface area (Å²) in [4.78, 5) is 13.1. The highest BCUT2D eigenvalue weighted by Gasteiger charge is 2.21. The average Bonchev–Trinajstić information content (AvgIpc) is 3.30. The van der Waals surface area contributed by atoms with Crippen LogP contribution >= 0.6 is 0 Å². The molecule has 1 atom stereocenters. The van der Waals surface area contributed by atoms with Gasteiger partial charge in [0, 0.05) is 36.6 Å². The van der Waals surface area contributed by atoms with Crippen LogP contribution < -0.4 is 5.32 Å². The van der Waals surface area contributed by atoms with E-state index in [0.29, 0.717) is 13.0 Å². The van der Waals surface area contributed by atoms with Crippen LogP contribution in [-0.4, -0.2) is 10.5 Å². The van der Waals surface area contributed by atoms with Crippen LogP contribution in [0.2, 0.25) is 0 Å². The third-order valence-corrected chi connectivity index (χ3v) is 6.84. The first-order valence-corrected chi connectivity index (χ1v) is 12.7. The maximum Gasteiger partial charge on any atom is 0.220 e. The Morgan fingerprint density at radius 3 is 1.97 bits per heavy atom. The molecule has 1 heterocycles. The van der Waals surface area contributed by atoms with Gasteiger partial charge >= 0.3 is 0 Å². The average molecular weight is 473 g/mol. The van der Waals surface area contributed by atoms with Crippen molar-refractivity contribution in [2.75, 3.05) is 0 Å². The molecule has 180 valence electrons. The number of nitrogens with zero attached hydrogens (tertiary/aromatic N) is 1. The molecule has 0 aliphatic heterocycles. The van der Waals surface area contributed by atoms with Gasteiger partial charge in [0.25, 0.3) is 0 Å². The Balaban J connectivity index is 1.41. The zero-order chi connectivity index (χ0) is 24.6. The van der Waals surface area contributed by atoms with E-state index in [4.69, 9.17) is 0 Å². The third kappa shape index (κ3) is 5.92. The van der Waals surface area contributed by atoms with E-state index in [1.165, 1.54) is 27.6 Å². The maximum absolute atomic E-state index is 13.1. The summed E-state index contributed by atoms with van der Waals surface area (Å²) in [5.41, 5.74) is 6.16. The lowest BCUT2D eigenvalue weighted by Crippen LogP contribution is -2.24. The van der Waals surface area contributed by atoms with Gasteiger partial charge in [-0.3, -0.25) is 4.79 Å². The summed E-state index contributed by atoms with van der Waals surface area (Å²) in [6.45, 7) is 1.37. The van der Waals surface area contributed by atoms with E-state index in [1.807, 2.05) is 30.3 Å². The molecule has 3 heteroatoms. The van der Waals surface area contributed by atoms with Crippen LogP contribution in [0.15, 0.2) is 121 Å². The number of aromatic nitrogens is 1. The van der Waals surface area contributed by atoms with Crippen molar-refractivity contribution in [3.05, 3.63) is 144 Å². The van der Waals surface area contributed by atoms with Crippen molar-refractivity contribution in [2.45, 2.75) is 38.3 Å². The van der Waals surface area contributed by atoms with Crippen molar-refractivity contribution >= 4 is 16.8 Å². The van der Waals surface area contributed by atoms with Crippen LogP contribution in [0.25, 0.3) is 10.9 Å². The second-order valence-electron chi connectivity index (χ2n) is 9.40. The Morgan fingerprint density at radius 1 is 0.694 bits per heavy atom. The molecule has 5 aromatic rings. The molecule has 0 fully saturated rings. The van der Waals surface area contributed by atoms with E-state index in [1.54, 1.807) is 0 Å². The quantitative estimate of drug-likeness (QED) is 0.231. The Hall–Kier alpha value is -4.11. The molecule has 0 unspecified atom stereocenters. The molecular weight excluding hydrogens is 440 g/mol. The summed E-state index contributed by atoms with van der Waals surface area (Å²) in [6, 6.07) is 39.8. The van der Waals surface area contributed by atoms with Crippen molar-refractivity contribution in [3.8, 4) is 0 Å². The van der Waals surface area contributed by atoms with Gasteiger partial charge < -0.3 is 9.88 Å². The lowest BCUT2D eigenvalue weighted by molar-refractivity contribution is -0.121. The highest BCUT2D eigenvalue weighted by molar-refractivity contribution is 5.86. The van der Waals surface area contributed by atoms with Gasteiger partial charge in [0.15, 0.2) is 0 Å². The second-order valence-corrected chi connectivity index (χ2v) is 9.40. The van der Waals surface area contributed by atoms with Crippen molar-refractivity contribution in [2.24, 2.45) is 0 Å². The summed E-state index contributed by atoms with van der Waals surface area (Å²) in [7, 11) is 0. The first-order valence-electron chi connectivity index (χ1n) is 12.7. The van der Waals surface area contributed by atoms with Gasteiger partial charge in [-0.25, -0.2) is 0 Å². The lowest BCUT2D eigenvalue weighted by atomic mass is 9.89. The molecule has 0 aliphatic carbocycles. The van der Waals surface area contributed by atoms with E-state index in [0.717, 1.165) is 24.9 Å². The minimum atomic E-state index is 0.0943. The maximum atomic E-state index is 13.1. The first kappa shape index (κ1) is 23.6. The summed E-state index contributed by atoms with van der Waals surface area (Å²) < 4.78 is 2.33. The molecule has 4 aromatic carbocycles. The number of hydrogen-bond acceptors (Lipinski definition) is 1. The Bertz CT molecular complexity index is 1390. The van der Waals surface area contributed by atoms with E-state index in [-0.39, 0.29) is 11.8 Å². The number of carbonyl (C=O) groups is 1. The number of rotatable bonds is 10. The van der Waals surface area contributed by atoms with Crippen molar-refractivity contribution in [1.29, 1.82) is 0 Å². The van der Waals surface area contributed by atoms with Crippen LogP contribution in [0.4, 0.5) is 0 Å². The number of benzene rings is 4. The SMILES string of the molecule is O=C(C[C@H](CCc1ccccc1)c1cn(Cc2ccccc2)c2ccccc12)NCc1ccccc1. The molecule has 0 spiro atoms. The van der Waals surface area contributed by atoms with Crippen LogP contribution in [0.3, 0.4) is 0 Å². The lowest BCUT2D eigenvalue weighted by Gasteiger charge is -2.17. The van der Waals surface area contributed by atoms with Crippen molar-refractivity contribution in [3.63, 3.8) is 0 Å². The fourth-order valence-corrected chi connectivity index (χ4v) is 4.96. The molecule has 3 nitrogen and oxygen atoms in total. The summed E-state index contributed by atoms with van der Waals surface area (Å²) in [5, 5.41) is 4.38. The van der Waals surface area contributed by atoms with Crippen LogP contribution in [0.1, 0.15) is 41.0 Å². The third-order valence-electron chi connectivity index (χ3n) is 6.84. The summed E-state index contributed by atoms with van der Waals surface area (Å²) >= 11 is 0. The number of aryl methyl sites for hydroxylation is 1. The van der Waals surface area contributed by atoms with Crippen molar-refractivity contribution in [1.82, 2.24) is 9.88 Å². The molecule has 0 aliphatic rings. The standard InChI is InChI=1S/C33H32N2O/c36-33(34-23-27-14-6-2-7-15-27)22-29(21-20-26-12-4-1-5-13-26)31-25-35(24-28-16-8-3-9-17-28)32-19-11-10-18-30(31)32/h1-19,25,29H,20-24H2,(H,34,36)/t29-/m0/s1. The highest BCUT2D eigenvalue weighted by Crippen LogP contribution is 2.33. The topological polar surface area (TPSA) is 34.0 Å². The molecule has 0 bridgehead atoms. The first-order chi connectivity index (χ1) is 17.8. The molecule has 1 aromatic heterocycles. The van der Waals surface area contributed by atoms with Gasteiger partial charge in [0.1, 0.15) is 0 Å². The summed E-state index contributed by atoms with van der Waals surface area (Å²) in [5.74, 6) is 0.222. The minimum absolute atomic E-state index is 0.0943. The van der Waals surface area contributed by atoms with E-state index in [9.17, 15) is 4.79 Å². The van der Waals surface area contributed by atoms with Crippen molar-refractivity contribution < 1.29 is 4.79 Å².